The smallest absolute Gasteiger partial charge is 0.0405 e. The molecule has 0 radical (unpaired) electrons. The van der Waals surface area contributed by atoms with Gasteiger partial charge in [0.1, 0.15) is 0 Å². The molecule has 1 aliphatic rings. The van der Waals surface area contributed by atoms with E-state index in [2.05, 4.69) is 64.3 Å². The van der Waals surface area contributed by atoms with Gasteiger partial charge in [0, 0.05) is 36.2 Å². The van der Waals surface area contributed by atoms with Gasteiger partial charge in [0.15, 0.2) is 0 Å². The molecule has 1 saturated heterocycles. The Morgan fingerprint density at radius 3 is 2.56 bits per heavy atom. The highest BCUT2D eigenvalue weighted by Gasteiger charge is 2.29. The molecule has 0 atom stereocenters. The van der Waals surface area contributed by atoms with Crippen molar-refractivity contribution in [1.29, 1.82) is 0 Å². The van der Waals surface area contributed by atoms with Crippen LogP contribution in [0, 0.1) is 0 Å². The van der Waals surface area contributed by atoms with Crippen LogP contribution in [0.25, 0.3) is 0 Å². The second-order valence-electron chi connectivity index (χ2n) is 4.81. The van der Waals surface area contributed by atoms with E-state index >= 15 is 0 Å². The Hall–Kier alpha value is -0.380. The predicted octanol–water partition coefficient (Wildman–Crippen LogP) is 2.59. The van der Waals surface area contributed by atoms with Crippen molar-refractivity contribution in [2.24, 2.45) is 0 Å². The fourth-order valence-electron chi connectivity index (χ4n) is 2.28. The van der Waals surface area contributed by atoms with E-state index in [-0.39, 0.29) is 5.54 Å². The Morgan fingerprint density at radius 2 is 1.94 bits per heavy atom. The highest BCUT2D eigenvalue weighted by atomic mass is 79.9. The van der Waals surface area contributed by atoms with E-state index < -0.39 is 0 Å². The lowest BCUT2D eigenvalue weighted by atomic mass is 9.91. The summed E-state index contributed by atoms with van der Waals surface area (Å²) in [6.07, 6.45) is 0. The number of piperazine rings is 1. The fourth-order valence-corrected chi connectivity index (χ4v) is 2.67. The van der Waals surface area contributed by atoms with Crippen molar-refractivity contribution in [1.82, 2.24) is 10.2 Å². The second-order valence-corrected chi connectivity index (χ2v) is 5.72. The summed E-state index contributed by atoms with van der Waals surface area (Å²) in [5.74, 6) is 0. The zero-order valence-corrected chi connectivity index (χ0v) is 11.5. The molecule has 16 heavy (non-hydrogen) atoms. The molecule has 1 N–H and O–H groups in total. The third-order valence-electron chi connectivity index (χ3n) is 3.44. The SMILES string of the molecule is CC(C)(c1cccc(Br)c1)N1CCNCC1. The van der Waals surface area contributed by atoms with Crippen molar-refractivity contribution in [2.75, 3.05) is 26.2 Å². The lowest BCUT2D eigenvalue weighted by molar-refractivity contribution is 0.102. The van der Waals surface area contributed by atoms with E-state index in [0.717, 1.165) is 30.7 Å². The number of hydrogen-bond acceptors (Lipinski definition) is 2. The van der Waals surface area contributed by atoms with Crippen molar-refractivity contribution >= 4 is 15.9 Å². The van der Waals surface area contributed by atoms with Crippen LogP contribution >= 0.6 is 15.9 Å². The molecule has 1 aromatic carbocycles. The highest BCUT2D eigenvalue weighted by molar-refractivity contribution is 9.10. The molecular weight excluding hydrogens is 264 g/mol. The average Bonchev–Trinajstić information content (AvgIpc) is 2.30. The Kier molecular flexibility index (Phi) is 3.67. The fraction of sp³-hybridized carbons (Fsp3) is 0.538. The van der Waals surface area contributed by atoms with E-state index in [4.69, 9.17) is 0 Å². The highest BCUT2D eigenvalue weighted by Crippen LogP contribution is 2.29. The summed E-state index contributed by atoms with van der Waals surface area (Å²) in [4.78, 5) is 2.55. The quantitative estimate of drug-likeness (QED) is 0.897. The van der Waals surface area contributed by atoms with Crippen molar-refractivity contribution in [3.8, 4) is 0 Å². The van der Waals surface area contributed by atoms with Crippen LogP contribution in [0.1, 0.15) is 19.4 Å². The molecule has 0 aromatic heterocycles. The van der Waals surface area contributed by atoms with E-state index in [0.29, 0.717) is 0 Å². The zero-order valence-electron chi connectivity index (χ0n) is 9.96. The molecule has 1 heterocycles. The van der Waals surface area contributed by atoms with E-state index in [1.165, 1.54) is 5.56 Å². The molecule has 2 rings (SSSR count). The van der Waals surface area contributed by atoms with E-state index in [1.807, 2.05) is 0 Å². The second kappa shape index (κ2) is 4.86. The normalized spacial score (nSPS) is 18.7. The number of hydrogen-bond donors (Lipinski definition) is 1. The van der Waals surface area contributed by atoms with Gasteiger partial charge >= 0.3 is 0 Å². The largest absolute Gasteiger partial charge is 0.314 e. The summed E-state index contributed by atoms with van der Waals surface area (Å²) in [5.41, 5.74) is 1.50. The summed E-state index contributed by atoms with van der Waals surface area (Å²) >= 11 is 3.55. The third kappa shape index (κ3) is 2.47. The van der Waals surface area contributed by atoms with Crippen LogP contribution in [0.15, 0.2) is 28.7 Å². The zero-order chi connectivity index (χ0) is 11.6. The molecule has 1 aromatic rings. The minimum absolute atomic E-state index is 0.117. The van der Waals surface area contributed by atoms with Gasteiger partial charge in [-0.15, -0.1) is 0 Å². The van der Waals surface area contributed by atoms with Gasteiger partial charge in [0.25, 0.3) is 0 Å². The molecule has 0 unspecified atom stereocenters. The Bertz CT molecular complexity index is 357. The minimum atomic E-state index is 0.117. The molecule has 3 heteroatoms. The Morgan fingerprint density at radius 1 is 1.25 bits per heavy atom. The predicted molar refractivity (Wildman–Crippen MR) is 71.6 cm³/mol. The van der Waals surface area contributed by atoms with Crippen LogP contribution < -0.4 is 5.32 Å². The van der Waals surface area contributed by atoms with Gasteiger partial charge in [-0.25, -0.2) is 0 Å². The first-order valence-corrected chi connectivity index (χ1v) is 6.62. The van der Waals surface area contributed by atoms with Crippen LogP contribution in [-0.4, -0.2) is 31.1 Å². The molecule has 2 nitrogen and oxygen atoms in total. The lowest BCUT2D eigenvalue weighted by Gasteiger charge is -2.41. The number of halogens is 1. The molecule has 1 fully saturated rings. The topological polar surface area (TPSA) is 15.3 Å². The molecule has 0 saturated carbocycles. The molecule has 0 aliphatic carbocycles. The first kappa shape index (κ1) is 12.1. The maximum atomic E-state index is 3.55. The van der Waals surface area contributed by atoms with Crippen LogP contribution in [0.3, 0.4) is 0 Å². The summed E-state index contributed by atoms with van der Waals surface area (Å²) in [5, 5.41) is 3.40. The molecular formula is C13H19BrN2. The molecule has 0 bridgehead atoms. The number of nitrogens with one attached hydrogen (secondary N) is 1. The van der Waals surface area contributed by atoms with Crippen molar-refractivity contribution in [2.45, 2.75) is 19.4 Å². The molecule has 88 valence electrons. The van der Waals surface area contributed by atoms with E-state index in [9.17, 15) is 0 Å². The first-order chi connectivity index (χ1) is 7.60. The Labute approximate surface area is 106 Å². The van der Waals surface area contributed by atoms with Gasteiger partial charge in [-0.3, -0.25) is 4.90 Å². The third-order valence-corrected chi connectivity index (χ3v) is 3.93. The van der Waals surface area contributed by atoms with Crippen molar-refractivity contribution in [3.05, 3.63) is 34.3 Å². The Balaban J connectivity index is 2.22. The minimum Gasteiger partial charge on any atom is -0.314 e. The van der Waals surface area contributed by atoms with Crippen LogP contribution in [0.5, 0.6) is 0 Å². The van der Waals surface area contributed by atoms with Crippen molar-refractivity contribution < 1.29 is 0 Å². The van der Waals surface area contributed by atoms with Crippen LogP contribution in [0.2, 0.25) is 0 Å². The molecule has 0 amide bonds. The van der Waals surface area contributed by atoms with Gasteiger partial charge in [-0.1, -0.05) is 28.1 Å². The number of rotatable bonds is 2. The average molecular weight is 283 g/mol. The monoisotopic (exact) mass is 282 g/mol. The summed E-state index contributed by atoms with van der Waals surface area (Å²) in [6.45, 7) is 9.05. The standard InChI is InChI=1S/C13H19BrN2/c1-13(2,16-8-6-15-7-9-16)11-4-3-5-12(14)10-11/h3-5,10,15H,6-9H2,1-2H3. The summed E-state index contributed by atoms with van der Waals surface area (Å²) < 4.78 is 1.16. The summed E-state index contributed by atoms with van der Waals surface area (Å²) in [7, 11) is 0. The van der Waals surface area contributed by atoms with Gasteiger partial charge in [0.2, 0.25) is 0 Å². The van der Waals surface area contributed by atoms with Crippen molar-refractivity contribution in [3.63, 3.8) is 0 Å². The van der Waals surface area contributed by atoms with Gasteiger partial charge in [0.05, 0.1) is 0 Å². The van der Waals surface area contributed by atoms with Gasteiger partial charge in [-0.2, -0.15) is 0 Å². The molecule has 1 aliphatic heterocycles. The number of benzene rings is 1. The van der Waals surface area contributed by atoms with Crippen LogP contribution in [0.4, 0.5) is 0 Å². The van der Waals surface area contributed by atoms with Gasteiger partial charge < -0.3 is 5.32 Å². The maximum Gasteiger partial charge on any atom is 0.0405 e. The maximum absolute atomic E-state index is 3.55. The van der Waals surface area contributed by atoms with E-state index in [1.54, 1.807) is 0 Å². The first-order valence-electron chi connectivity index (χ1n) is 5.82. The van der Waals surface area contributed by atoms with Gasteiger partial charge in [-0.05, 0) is 31.5 Å². The lowest BCUT2D eigenvalue weighted by Crippen LogP contribution is -2.51. The van der Waals surface area contributed by atoms with Crippen LogP contribution in [-0.2, 0) is 5.54 Å². The molecule has 0 spiro atoms. The number of nitrogens with zero attached hydrogens (tertiary/aromatic N) is 1. The summed E-state index contributed by atoms with van der Waals surface area (Å²) in [6, 6.07) is 8.63.